The van der Waals surface area contributed by atoms with Gasteiger partial charge in [-0.25, -0.2) is 4.98 Å². The van der Waals surface area contributed by atoms with E-state index in [0.717, 1.165) is 23.3 Å². The maximum atomic E-state index is 5.32. The van der Waals surface area contributed by atoms with Crippen molar-refractivity contribution in [2.45, 2.75) is 59.8 Å². The van der Waals surface area contributed by atoms with Crippen LogP contribution in [-0.2, 0) is 6.42 Å². The van der Waals surface area contributed by atoms with E-state index in [1.54, 1.807) is 0 Å². The molecule has 0 unspecified atom stereocenters. The van der Waals surface area contributed by atoms with Crippen LogP contribution in [0.15, 0.2) is 90.3 Å². The van der Waals surface area contributed by atoms with Crippen molar-refractivity contribution in [3.8, 4) is 28.2 Å². The molecule has 0 bridgehead atoms. The number of fused-ring (bicyclic) bond motifs is 2. The molecule has 3 heteroatoms. The molecular formula is C37H38N2S. The van der Waals surface area contributed by atoms with Crippen molar-refractivity contribution in [3.63, 3.8) is 0 Å². The van der Waals surface area contributed by atoms with Crippen LogP contribution in [-0.4, -0.2) is 9.55 Å². The Morgan fingerprint density at radius 3 is 2.08 bits per heavy atom. The summed E-state index contributed by atoms with van der Waals surface area (Å²) in [5.41, 5.74) is 11.3. The van der Waals surface area contributed by atoms with E-state index in [1.807, 2.05) is 11.3 Å². The molecule has 2 aromatic heterocycles. The third kappa shape index (κ3) is 4.77. The summed E-state index contributed by atoms with van der Waals surface area (Å²) in [6.07, 6.45) is 1.08. The molecule has 0 fully saturated rings. The molecule has 0 N–H and O–H groups in total. The van der Waals surface area contributed by atoms with Crippen LogP contribution in [0.2, 0.25) is 0 Å². The van der Waals surface area contributed by atoms with Crippen molar-refractivity contribution in [1.29, 1.82) is 0 Å². The van der Waals surface area contributed by atoms with Crippen LogP contribution in [0.1, 0.15) is 70.1 Å². The lowest BCUT2D eigenvalue weighted by molar-refractivity contribution is 0.648. The van der Waals surface area contributed by atoms with Crippen molar-refractivity contribution in [1.82, 2.24) is 9.55 Å². The molecular weight excluding hydrogens is 504 g/mol. The fourth-order valence-electron chi connectivity index (χ4n) is 5.90. The van der Waals surface area contributed by atoms with E-state index in [2.05, 4.69) is 136 Å². The number of hydrogen-bond donors (Lipinski definition) is 0. The Morgan fingerprint density at radius 1 is 0.725 bits per heavy atom. The lowest BCUT2D eigenvalue weighted by Crippen LogP contribution is -2.09. The highest BCUT2D eigenvalue weighted by atomic mass is 32.1. The highest BCUT2D eigenvalue weighted by Crippen LogP contribution is 2.42. The predicted molar refractivity (Wildman–Crippen MR) is 174 cm³/mol. The number of aromatic nitrogens is 2. The lowest BCUT2D eigenvalue weighted by Gasteiger charge is -2.24. The number of benzene rings is 4. The van der Waals surface area contributed by atoms with Gasteiger partial charge in [0.25, 0.3) is 0 Å². The molecule has 0 saturated heterocycles. The van der Waals surface area contributed by atoms with E-state index in [4.69, 9.17) is 4.98 Å². The molecule has 2 nitrogen and oxygen atoms in total. The average molecular weight is 543 g/mol. The molecule has 0 atom stereocenters. The summed E-state index contributed by atoms with van der Waals surface area (Å²) in [5.74, 6) is 2.35. The zero-order valence-electron chi connectivity index (χ0n) is 24.4. The van der Waals surface area contributed by atoms with Crippen molar-refractivity contribution >= 4 is 32.5 Å². The molecule has 40 heavy (non-hydrogen) atoms. The molecule has 6 aromatic rings. The van der Waals surface area contributed by atoms with Crippen LogP contribution < -0.4 is 0 Å². The van der Waals surface area contributed by atoms with E-state index < -0.39 is 0 Å². The van der Waals surface area contributed by atoms with Gasteiger partial charge in [0.1, 0.15) is 5.82 Å². The van der Waals surface area contributed by atoms with Gasteiger partial charge in [0, 0.05) is 21.0 Å². The molecule has 0 radical (unpaired) electrons. The number of hydrogen-bond acceptors (Lipinski definition) is 2. The molecule has 0 saturated carbocycles. The Labute approximate surface area is 242 Å². The van der Waals surface area contributed by atoms with Crippen molar-refractivity contribution < 1.29 is 0 Å². The Kier molecular flexibility index (Phi) is 7.10. The first kappa shape index (κ1) is 26.5. The predicted octanol–water partition coefficient (Wildman–Crippen LogP) is 11.0. The Hall–Kier alpha value is -3.69. The molecule has 4 aromatic carbocycles. The van der Waals surface area contributed by atoms with Gasteiger partial charge in [0.15, 0.2) is 0 Å². The van der Waals surface area contributed by atoms with Gasteiger partial charge in [-0.1, -0.05) is 90.1 Å². The molecule has 0 aliphatic carbocycles. The second-order valence-corrected chi connectivity index (χ2v) is 12.9. The van der Waals surface area contributed by atoms with Crippen LogP contribution >= 0.6 is 11.3 Å². The maximum Gasteiger partial charge on any atom is 0.147 e. The Bertz CT molecular complexity index is 1770. The quantitative estimate of drug-likeness (QED) is 0.196. The van der Waals surface area contributed by atoms with Crippen LogP contribution in [0.3, 0.4) is 0 Å². The Morgan fingerprint density at radius 2 is 1.40 bits per heavy atom. The highest BCUT2D eigenvalue weighted by Gasteiger charge is 2.24. The van der Waals surface area contributed by atoms with Crippen LogP contribution in [0.4, 0.5) is 0 Å². The van der Waals surface area contributed by atoms with E-state index in [-0.39, 0.29) is 0 Å². The van der Waals surface area contributed by atoms with Crippen molar-refractivity contribution in [2.75, 3.05) is 0 Å². The van der Waals surface area contributed by atoms with Gasteiger partial charge < -0.3 is 0 Å². The standard InChI is InChI=1S/C37H38N2S/c1-23(2)18-26-16-17-35-31(19-26)32(22-40-35)37-38-33-14-10-11-15-34(33)39(37)36-29(24(3)4)20-28(21-30(36)25(5)6)27-12-8-7-9-13-27/h7-17,19-25H,18H2,1-6H3. The normalized spacial score (nSPS) is 12.0. The van der Waals surface area contributed by atoms with E-state index in [0.29, 0.717) is 17.8 Å². The molecule has 2 heterocycles. The van der Waals surface area contributed by atoms with Gasteiger partial charge >= 0.3 is 0 Å². The molecule has 0 aliphatic rings. The van der Waals surface area contributed by atoms with Crippen molar-refractivity contribution in [3.05, 3.63) is 107 Å². The average Bonchev–Trinajstić information content (AvgIpc) is 3.53. The number of thiophene rings is 1. The monoisotopic (exact) mass is 542 g/mol. The van der Waals surface area contributed by atoms with Gasteiger partial charge in [-0.05, 0) is 88.4 Å². The zero-order chi connectivity index (χ0) is 28.0. The number of para-hydroxylation sites is 2. The second kappa shape index (κ2) is 10.7. The number of rotatable bonds is 7. The van der Waals surface area contributed by atoms with Gasteiger partial charge in [-0.3, -0.25) is 4.57 Å². The number of nitrogens with zero attached hydrogens (tertiary/aromatic N) is 2. The highest BCUT2D eigenvalue weighted by molar-refractivity contribution is 7.17. The summed E-state index contributed by atoms with van der Waals surface area (Å²) >= 11 is 1.82. The second-order valence-electron chi connectivity index (χ2n) is 12.0. The fourth-order valence-corrected chi connectivity index (χ4v) is 6.82. The topological polar surface area (TPSA) is 17.8 Å². The van der Waals surface area contributed by atoms with Gasteiger partial charge in [-0.2, -0.15) is 0 Å². The fraction of sp³-hybridized carbons (Fsp3) is 0.270. The summed E-state index contributed by atoms with van der Waals surface area (Å²) in [6, 6.07) is 31.2. The Balaban J connectivity index is 1.68. The largest absolute Gasteiger partial charge is 0.292 e. The smallest absolute Gasteiger partial charge is 0.147 e. The minimum Gasteiger partial charge on any atom is -0.292 e. The summed E-state index contributed by atoms with van der Waals surface area (Å²) < 4.78 is 3.78. The third-order valence-corrected chi connectivity index (χ3v) is 8.79. The number of imidazole rings is 1. The van der Waals surface area contributed by atoms with E-state index >= 15 is 0 Å². The van der Waals surface area contributed by atoms with Crippen LogP contribution in [0.5, 0.6) is 0 Å². The molecule has 6 rings (SSSR count). The molecule has 202 valence electrons. The first-order valence-electron chi connectivity index (χ1n) is 14.5. The SMILES string of the molecule is CC(C)Cc1ccc2scc(-c3nc4ccccc4n3-c3c(C(C)C)cc(-c4ccccc4)cc3C(C)C)c2c1. The summed E-state index contributed by atoms with van der Waals surface area (Å²) in [6.45, 7) is 13.8. The van der Waals surface area contributed by atoms with Gasteiger partial charge in [0.05, 0.1) is 16.7 Å². The first-order chi connectivity index (χ1) is 19.3. The summed E-state index contributed by atoms with van der Waals surface area (Å²) in [5, 5.41) is 3.61. The molecule has 0 amide bonds. The van der Waals surface area contributed by atoms with Crippen LogP contribution in [0.25, 0.3) is 49.3 Å². The lowest BCUT2D eigenvalue weighted by atomic mass is 9.88. The van der Waals surface area contributed by atoms with E-state index in [1.165, 1.54) is 49.2 Å². The third-order valence-electron chi connectivity index (χ3n) is 7.83. The maximum absolute atomic E-state index is 5.32. The summed E-state index contributed by atoms with van der Waals surface area (Å²) in [4.78, 5) is 5.32. The van der Waals surface area contributed by atoms with Crippen molar-refractivity contribution in [2.24, 2.45) is 5.92 Å². The minimum atomic E-state index is 0.349. The van der Waals surface area contributed by atoms with Crippen LogP contribution in [0, 0.1) is 5.92 Å². The van der Waals surface area contributed by atoms with E-state index in [9.17, 15) is 0 Å². The minimum absolute atomic E-state index is 0.349. The van der Waals surface area contributed by atoms with Gasteiger partial charge in [-0.15, -0.1) is 11.3 Å². The summed E-state index contributed by atoms with van der Waals surface area (Å²) in [7, 11) is 0. The first-order valence-corrected chi connectivity index (χ1v) is 15.4. The zero-order valence-corrected chi connectivity index (χ0v) is 25.2. The molecule has 0 spiro atoms. The van der Waals surface area contributed by atoms with Gasteiger partial charge in [0.2, 0.25) is 0 Å². The molecule has 0 aliphatic heterocycles.